The number of hydrogen-bond donors (Lipinski definition) is 1. The highest BCUT2D eigenvalue weighted by molar-refractivity contribution is 5.72. The number of carbonyl (C=O) groups excluding carboxylic acids is 1. The Hall–Kier alpha value is -0.810. The number of urea groups is 1. The van der Waals surface area contributed by atoms with Crippen LogP contribution in [0.5, 0.6) is 0 Å². The van der Waals surface area contributed by atoms with Crippen LogP contribution in [0.4, 0.5) is 4.79 Å². The van der Waals surface area contributed by atoms with Crippen molar-refractivity contribution in [3.63, 3.8) is 0 Å². The van der Waals surface area contributed by atoms with Gasteiger partial charge in [0.15, 0.2) is 5.79 Å². The molecule has 5 nitrogen and oxygen atoms in total. The number of hydrogen-bond acceptors (Lipinski definition) is 3. The van der Waals surface area contributed by atoms with E-state index in [0.717, 1.165) is 25.7 Å². The minimum absolute atomic E-state index is 0.237. The van der Waals surface area contributed by atoms with Crippen molar-refractivity contribution in [3.8, 4) is 0 Å². The molecule has 0 radical (unpaired) electrons. The Kier molecular flexibility index (Phi) is 2.84. The molecule has 0 aromatic carbocycles. The van der Waals surface area contributed by atoms with Gasteiger partial charge < -0.3 is 20.1 Å². The summed E-state index contributed by atoms with van der Waals surface area (Å²) in [5.41, 5.74) is 5.24. The predicted octanol–water partition coefficient (Wildman–Crippen LogP) is 0.683. The van der Waals surface area contributed by atoms with Gasteiger partial charge in [0.2, 0.25) is 0 Å². The van der Waals surface area contributed by atoms with E-state index in [0.29, 0.717) is 13.2 Å². The van der Waals surface area contributed by atoms with Crippen LogP contribution in [-0.4, -0.2) is 43.0 Å². The summed E-state index contributed by atoms with van der Waals surface area (Å²) in [6.45, 7) is 1.38. The maximum Gasteiger partial charge on any atom is 0.314 e. The molecule has 2 amide bonds. The number of ether oxygens (including phenoxy) is 2. The van der Waals surface area contributed by atoms with E-state index in [4.69, 9.17) is 15.2 Å². The molecular formula is C10H18N2O3. The van der Waals surface area contributed by atoms with Crippen LogP contribution in [0.2, 0.25) is 0 Å². The maximum atomic E-state index is 11.0. The Balaban J connectivity index is 1.89. The Morgan fingerprint density at radius 1 is 1.33 bits per heavy atom. The molecule has 2 aliphatic rings. The van der Waals surface area contributed by atoms with Gasteiger partial charge in [-0.2, -0.15) is 0 Å². The zero-order chi connectivity index (χ0) is 10.9. The largest absolute Gasteiger partial charge is 0.351 e. The Morgan fingerprint density at radius 2 is 1.87 bits per heavy atom. The van der Waals surface area contributed by atoms with Gasteiger partial charge in [-0.1, -0.05) is 0 Å². The summed E-state index contributed by atoms with van der Waals surface area (Å²) in [7, 11) is 1.75. The third kappa shape index (κ3) is 2.08. The number of nitrogens with zero attached hydrogens (tertiary/aromatic N) is 1. The van der Waals surface area contributed by atoms with Crippen LogP contribution in [0.3, 0.4) is 0 Å². The average molecular weight is 214 g/mol. The predicted molar refractivity (Wildman–Crippen MR) is 54.2 cm³/mol. The van der Waals surface area contributed by atoms with E-state index >= 15 is 0 Å². The highest BCUT2D eigenvalue weighted by Crippen LogP contribution is 2.36. The van der Waals surface area contributed by atoms with Gasteiger partial charge in [-0.05, 0) is 12.8 Å². The van der Waals surface area contributed by atoms with Gasteiger partial charge in [0, 0.05) is 25.9 Å². The molecule has 86 valence electrons. The highest BCUT2D eigenvalue weighted by atomic mass is 16.7. The second-order valence-corrected chi connectivity index (χ2v) is 4.29. The van der Waals surface area contributed by atoms with Crippen LogP contribution in [0.25, 0.3) is 0 Å². The Bertz CT molecular complexity index is 241. The summed E-state index contributed by atoms with van der Waals surface area (Å²) in [6, 6.07) is -0.120. The van der Waals surface area contributed by atoms with Gasteiger partial charge in [-0.25, -0.2) is 4.79 Å². The third-order valence-corrected chi connectivity index (χ3v) is 3.43. The molecule has 1 spiro atoms. The summed E-state index contributed by atoms with van der Waals surface area (Å²) in [5.74, 6) is -0.352. The summed E-state index contributed by atoms with van der Waals surface area (Å²) in [4.78, 5) is 12.6. The number of nitrogens with two attached hydrogens (primary N) is 1. The molecule has 1 heterocycles. The molecule has 0 bridgehead atoms. The second kappa shape index (κ2) is 3.98. The van der Waals surface area contributed by atoms with E-state index in [2.05, 4.69) is 0 Å². The van der Waals surface area contributed by atoms with Gasteiger partial charge in [-0.15, -0.1) is 0 Å². The van der Waals surface area contributed by atoms with Crippen molar-refractivity contribution in [2.45, 2.75) is 37.5 Å². The molecule has 1 saturated carbocycles. The van der Waals surface area contributed by atoms with Crippen LogP contribution in [0.1, 0.15) is 25.7 Å². The topological polar surface area (TPSA) is 64.8 Å². The Labute approximate surface area is 89.5 Å². The SMILES string of the molecule is CN(C(N)=O)C1CCC2(CC1)OCCO2. The fraction of sp³-hybridized carbons (Fsp3) is 0.900. The minimum atomic E-state index is -0.357. The van der Waals surface area contributed by atoms with Crippen molar-refractivity contribution in [2.24, 2.45) is 5.73 Å². The summed E-state index contributed by atoms with van der Waals surface area (Å²) in [6.07, 6.45) is 3.52. The van der Waals surface area contributed by atoms with Crippen molar-refractivity contribution in [3.05, 3.63) is 0 Å². The Morgan fingerprint density at radius 3 is 2.33 bits per heavy atom. The van der Waals surface area contributed by atoms with Gasteiger partial charge in [-0.3, -0.25) is 0 Å². The molecule has 0 aromatic heterocycles. The first-order valence-electron chi connectivity index (χ1n) is 5.43. The van der Waals surface area contributed by atoms with Crippen LogP contribution in [0.15, 0.2) is 0 Å². The molecule has 2 fully saturated rings. The van der Waals surface area contributed by atoms with Gasteiger partial charge >= 0.3 is 6.03 Å². The molecule has 0 unspecified atom stereocenters. The normalized spacial score (nSPS) is 25.7. The first-order valence-corrected chi connectivity index (χ1v) is 5.43. The van der Waals surface area contributed by atoms with E-state index in [1.807, 2.05) is 0 Å². The van der Waals surface area contributed by atoms with Crippen LogP contribution < -0.4 is 5.73 Å². The van der Waals surface area contributed by atoms with Crippen LogP contribution in [0, 0.1) is 0 Å². The molecular weight excluding hydrogens is 196 g/mol. The molecule has 0 aromatic rings. The molecule has 15 heavy (non-hydrogen) atoms. The maximum absolute atomic E-state index is 11.0. The lowest BCUT2D eigenvalue weighted by atomic mass is 9.89. The fourth-order valence-corrected chi connectivity index (χ4v) is 2.40. The second-order valence-electron chi connectivity index (χ2n) is 4.29. The summed E-state index contributed by atoms with van der Waals surface area (Å²) >= 11 is 0. The van der Waals surface area contributed by atoms with Gasteiger partial charge in [0.05, 0.1) is 13.2 Å². The lowest BCUT2D eigenvalue weighted by Gasteiger charge is -2.38. The molecule has 2 rings (SSSR count). The molecule has 2 N–H and O–H groups in total. The number of rotatable bonds is 1. The first-order chi connectivity index (χ1) is 7.13. The molecule has 0 atom stereocenters. The first kappa shape index (κ1) is 10.7. The van der Waals surface area contributed by atoms with E-state index in [1.54, 1.807) is 11.9 Å². The standard InChI is InChI=1S/C10H18N2O3/c1-12(9(11)13)8-2-4-10(5-3-8)14-6-7-15-10/h8H,2-7H2,1H3,(H2,11,13). The van der Waals surface area contributed by atoms with E-state index < -0.39 is 0 Å². The molecule has 1 saturated heterocycles. The molecule has 5 heteroatoms. The van der Waals surface area contributed by atoms with Crippen molar-refractivity contribution in [1.29, 1.82) is 0 Å². The van der Waals surface area contributed by atoms with Crippen LogP contribution in [-0.2, 0) is 9.47 Å². The number of amides is 2. The zero-order valence-corrected chi connectivity index (χ0v) is 9.07. The monoisotopic (exact) mass is 214 g/mol. The number of carbonyl (C=O) groups is 1. The van der Waals surface area contributed by atoms with Crippen LogP contribution >= 0.6 is 0 Å². The lowest BCUT2D eigenvalue weighted by Crippen LogP contribution is -2.46. The quantitative estimate of drug-likeness (QED) is 0.698. The molecule has 1 aliphatic carbocycles. The van der Waals surface area contributed by atoms with E-state index in [1.165, 1.54) is 0 Å². The smallest absolute Gasteiger partial charge is 0.314 e. The van der Waals surface area contributed by atoms with Crippen molar-refractivity contribution in [1.82, 2.24) is 4.90 Å². The lowest BCUT2D eigenvalue weighted by molar-refractivity contribution is -0.182. The fourth-order valence-electron chi connectivity index (χ4n) is 2.40. The van der Waals surface area contributed by atoms with Crippen molar-refractivity contribution >= 4 is 6.03 Å². The van der Waals surface area contributed by atoms with Gasteiger partial charge in [0.25, 0.3) is 0 Å². The van der Waals surface area contributed by atoms with E-state index in [9.17, 15) is 4.79 Å². The minimum Gasteiger partial charge on any atom is -0.351 e. The van der Waals surface area contributed by atoms with Crippen molar-refractivity contribution < 1.29 is 14.3 Å². The zero-order valence-electron chi connectivity index (χ0n) is 9.07. The van der Waals surface area contributed by atoms with Gasteiger partial charge in [0.1, 0.15) is 0 Å². The third-order valence-electron chi connectivity index (χ3n) is 3.43. The summed E-state index contributed by atoms with van der Waals surface area (Å²) < 4.78 is 11.2. The molecule has 1 aliphatic heterocycles. The summed E-state index contributed by atoms with van der Waals surface area (Å²) in [5, 5.41) is 0. The average Bonchev–Trinajstić information content (AvgIpc) is 2.67. The number of primary amides is 1. The van der Waals surface area contributed by atoms with Crippen molar-refractivity contribution in [2.75, 3.05) is 20.3 Å². The van der Waals surface area contributed by atoms with E-state index in [-0.39, 0.29) is 17.9 Å². The highest BCUT2D eigenvalue weighted by Gasteiger charge is 2.41.